The second-order valence-corrected chi connectivity index (χ2v) is 7.28. The molecule has 2 saturated carbocycles. The molecule has 112 valence electrons. The Labute approximate surface area is 122 Å². The highest BCUT2D eigenvalue weighted by molar-refractivity contribution is 7.84. The first kappa shape index (κ1) is 14.2. The fraction of sp³-hybridized carbons (Fsp3) is 0.857. The molecule has 0 aromatic carbocycles. The van der Waals surface area contributed by atoms with Crippen LogP contribution in [0.4, 0.5) is 0 Å². The standard InChI is InChI=1S/C14H23N3O2S/c18-20(14-15-13(16-17-14)11-7-8-11)10-9-19-12-5-3-1-2-4-6-12/h11-12H,1-10H2,(H,15,16,17). The summed E-state index contributed by atoms with van der Waals surface area (Å²) >= 11 is 0. The molecular weight excluding hydrogens is 274 g/mol. The summed E-state index contributed by atoms with van der Waals surface area (Å²) in [6.07, 6.45) is 10.2. The van der Waals surface area contributed by atoms with Gasteiger partial charge in [0.15, 0.2) is 0 Å². The van der Waals surface area contributed by atoms with Crippen molar-refractivity contribution in [3.05, 3.63) is 5.82 Å². The third kappa shape index (κ3) is 3.88. The third-order valence-electron chi connectivity index (χ3n) is 4.07. The first-order chi connectivity index (χ1) is 9.83. The molecule has 0 bridgehead atoms. The van der Waals surface area contributed by atoms with E-state index in [-0.39, 0.29) is 0 Å². The van der Waals surface area contributed by atoms with Crippen molar-refractivity contribution in [2.24, 2.45) is 0 Å². The lowest BCUT2D eigenvalue weighted by Crippen LogP contribution is -2.16. The molecule has 2 aliphatic carbocycles. The number of rotatable bonds is 6. The Bertz CT molecular complexity index is 451. The molecule has 2 fully saturated rings. The quantitative estimate of drug-likeness (QED) is 0.819. The summed E-state index contributed by atoms with van der Waals surface area (Å²) in [5.74, 6) is 1.92. The van der Waals surface area contributed by atoms with Gasteiger partial charge >= 0.3 is 0 Å². The van der Waals surface area contributed by atoms with Crippen molar-refractivity contribution >= 4 is 10.8 Å². The van der Waals surface area contributed by atoms with Crippen LogP contribution in [-0.2, 0) is 15.5 Å². The van der Waals surface area contributed by atoms with Gasteiger partial charge in [0.1, 0.15) is 5.82 Å². The minimum atomic E-state index is -1.14. The Kier molecular flexibility index (Phi) is 4.83. The highest BCUT2D eigenvalue weighted by Gasteiger charge is 2.27. The Morgan fingerprint density at radius 3 is 2.60 bits per heavy atom. The van der Waals surface area contributed by atoms with Gasteiger partial charge in [-0.05, 0) is 25.7 Å². The summed E-state index contributed by atoms with van der Waals surface area (Å²) in [6.45, 7) is 0.546. The summed E-state index contributed by atoms with van der Waals surface area (Å²) in [4.78, 5) is 4.33. The highest BCUT2D eigenvalue weighted by Crippen LogP contribution is 2.37. The number of hydrogen-bond acceptors (Lipinski definition) is 4. The van der Waals surface area contributed by atoms with E-state index in [0.717, 1.165) is 18.7 Å². The second-order valence-electron chi connectivity index (χ2n) is 5.81. The molecule has 1 unspecified atom stereocenters. The SMILES string of the molecule is O=S(CCOC1CCCCCC1)c1n[nH]c(C2CC2)n1. The van der Waals surface area contributed by atoms with Crippen molar-refractivity contribution in [2.45, 2.75) is 68.5 Å². The maximum Gasteiger partial charge on any atom is 0.238 e. The summed E-state index contributed by atoms with van der Waals surface area (Å²) in [5.41, 5.74) is 0. The number of hydrogen-bond donors (Lipinski definition) is 1. The highest BCUT2D eigenvalue weighted by atomic mass is 32.2. The van der Waals surface area contributed by atoms with E-state index in [1.54, 1.807) is 0 Å². The average Bonchev–Trinajstić information content (AvgIpc) is 3.23. The van der Waals surface area contributed by atoms with Crippen LogP contribution < -0.4 is 0 Å². The van der Waals surface area contributed by atoms with Gasteiger partial charge in [-0.2, -0.15) is 0 Å². The van der Waals surface area contributed by atoms with Crippen molar-refractivity contribution in [2.75, 3.05) is 12.4 Å². The molecule has 20 heavy (non-hydrogen) atoms. The molecule has 1 atom stereocenters. The number of H-pyrrole nitrogens is 1. The minimum absolute atomic E-state index is 0.365. The Morgan fingerprint density at radius 2 is 1.90 bits per heavy atom. The van der Waals surface area contributed by atoms with Crippen LogP contribution >= 0.6 is 0 Å². The molecule has 1 aromatic rings. The van der Waals surface area contributed by atoms with Crippen LogP contribution in [0.25, 0.3) is 0 Å². The largest absolute Gasteiger partial charge is 0.377 e. The Morgan fingerprint density at radius 1 is 1.15 bits per heavy atom. The normalized spacial score (nSPS) is 22.6. The topological polar surface area (TPSA) is 67.9 Å². The third-order valence-corrected chi connectivity index (χ3v) is 5.20. The number of ether oxygens (including phenoxy) is 1. The minimum Gasteiger partial charge on any atom is -0.377 e. The van der Waals surface area contributed by atoms with Crippen LogP contribution in [-0.4, -0.2) is 37.9 Å². The lowest BCUT2D eigenvalue weighted by atomic mass is 10.1. The van der Waals surface area contributed by atoms with Crippen molar-refractivity contribution in [1.29, 1.82) is 0 Å². The van der Waals surface area contributed by atoms with E-state index in [0.29, 0.717) is 29.5 Å². The van der Waals surface area contributed by atoms with Gasteiger partial charge in [-0.25, -0.2) is 4.98 Å². The molecule has 1 aromatic heterocycles. The molecule has 0 aliphatic heterocycles. The molecule has 3 rings (SSSR count). The van der Waals surface area contributed by atoms with E-state index >= 15 is 0 Å². The van der Waals surface area contributed by atoms with E-state index in [1.807, 2.05) is 0 Å². The zero-order valence-electron chi connectivity index (χ0n) is 11.8. The van der Waals surface area contributed by atoms with Crippen LogP contribution in [0, 0.1) is 0 Å². The molecule has 2 aliphatic rings. The predicted molar refractivity (Wildman–Crippen MR) is 77.1 cm³/mol. The maximum atomic E-state index is 12.1. The average molecular weight is 297 g/mol. The van der Waals surface area contributed by atoms with Crippen molar-refractivity contribution in [3.63, 3.8) is 0 Å². The lowest BCUT2D eigenvalue weighted by molar-refractivity contribution is 0.0539. The first-order valence-electron chi connectivity index (χ1n) is 7.75. The van der Waals surface area contributed by atoms with Crippen LogP contribution in [0.1, 0.15) is 63.1 Å². The van der Waals surface area contributed by atoms with Crippen LogP contribution in [0.15, 0.2) is 5.16 Å². The van der Waals surface area contributed by atoms with Gasteiger partial charge in [0.25, 0.3) is 0 Å². The van der Waals surface area contributed by atoms with Crippen molar-refractivity contribution in [1.82, 2.24) is 15.2 Å². The monoisotopic (exact) mass is 297 g/mol. The summed E-state index contributed by atoms with van der Waals surface area (Å²) in [6, 6.07) is 0. The van der Waals surface area contributed by atoms with Gasteiger partial charge < -0.3 is 4.74 Å². The van der Waals surface area contributed by atoms with Gasteiger partial charge in [0, 0.05) is 5.92 Å². The van der Waals surface area contributed by atoms with E-state index in [4.69, 9.17) is 4.74 Å². The summed E-state index contributed by atoms with van der Waals surface area (Å²) in [5, 5.41) is 7.41. The molecule has 6 heteroatoms. The molecule has 1 heterocycles. The Hall–Kier alpha value is -0.750. The van der Waals surface area contributed by atoms with E-state index in [2.05, 4.69) is 15.2 Å². The Balaban J connectivity index is 1.41. The fourth-order valence-corrected chi connectivity index (χ4v) is 3.47. The fourth-order valence-electron chi connectivity index (χ4n) is 2.69. The van der Waals surface area contributed by atoms with Crippen LogP contribution in [0.5, 0.6) is 0 Å². The van der Waals surface area contributed by atoms with Crippen LogP contribution in [0.2, 0.25) is 0 Å². The molecule has 0 radical (unpaired) electrons. The number of nitrogens with one attached hydrogen (secondary N) is 1. The van der Waals surface area contributed by atoms with Gasteiger partial charge in [-0.1, -0.05) is 25.7 Å². The second kappa shape index (κ2) is 6.80. The summed E-state index contributed by atoms with van der Waals surface area (Å²) < 4.78 is 18.0. The van der Waals surface area contributed by atoms with Gasteiger partial charge in [-0.3, -0.25) is 9.31 Å². The number of aromatic nitrogens is 3. The molecule has 0 amide bonds. The predicted octanol–water partition coefficient (Wildman–Crippen LogP) is 2.53. The van der Waals surface area contributed by atoms with Crippen molar-refractivity contribution in [3.8, 4) is 0 Å². The number of nitrogens with zero attached hydrogens (tertiary/aromatic N) is 2. The zero-order valence-corrected chi connectivity index (χ0v) is 12.7. The lowest BCUT2D eigenvalue weighted by Gasteiger charge is -2.14. The summed E-state index contributed by atoms with van der Waals surface area (Å²) in [7, 11) is -1.14. The number of aromatic amines is 1. The van der Waals surface area contributed by atoms with Gasteiger partial charge in [0.2, 0.25) is 5.16 Å². The first-order valence-corrected chi connectivity index (χ1v) is 9.07. The van der Waals surface area contributed by atoms with E-state index in [1.165, 1.54) is 38.5 Å². The molecule has 0 spiro atoms. The maximum absolute atomic E-state index is 12.1. The zero-order chi connectivity index (χ0) is 13.8. The smallest absolute Gasteiger partial charge is 0.238 e. The van der Waals surface area contributed by atoms with E-state index in [9.17, 15) is 4.21 Å². The molecular formula is C14H23N3O2S. The molecule has 5 nitrogen and oxygen atoms in total. The molecule has 0 saturated heterocycles. The molecule has 1 N–H and O–H groups in total. The van der Waals surface area contributed by atoms with Crippen molar-refractivity contribution < 1.29 is 8.95 Å². The van der Waals surface area contributed by atoms with Gasteiger partial charge in [-0.15, -0.1) is 5.10 Å². The van der Waals surface area contributed by atoms with Gasteiger partial charge in [0.05, 0.1) is 29.3 Å². The van der Waals surface area contributed by atoms with E-state index < -0.39 is 10.8 Å². The van der Waals surface area contributed by atoms with Crippen LogP contribution in [0.3, 0.4) is 0 Å².